The largest absolute Gasteiger partial charge is 0.309 e. The van der Waals surface area contributed by atoms with Gasteiger partial charge in [0.15, 0.2) is 11.5 Å². The topological polar surface area (TPSA) is 77.1 Å². The number of aryl methyl sites for hydroxylation is 1. The molecule has 3 atom stereocenters. The van der Waals surface area contributed by atoms with Crippen LogP contribution < -0.4 is 5.32 Å². The van der Waals surface area contributed by atoms with Crippen LogP contribution in [0.1, 0.15) is 33.1 Å². The summed E-state index contributed by atoms with van der Waals surface area (Å²) in [5.41, 5.74) is 3.72. The van der Waals surface area contributed by atoms with E-state index in [4.69, 9.17) is 5.10 Å². The molecule has 1 aliphatic rings. The summed E-state index contributed by atoms with van der Waals surface area (Å²) >= 11 is 0. The highest BCUT2D eigenvalue weighted by atomic mass is 19.1. The standard InChI is InChI=1S/C25H27FN6O/c1-4-15-12-19(18(15)5-2)25(33)28-22-14-32-23(27-22)11-10-21(29-32)20-13-31(3)30-24(20)16-6-8-17(26)9-7-16/h6-11,13-15,18-19H,4-5,12H2,1-3H3,(H,28,33). The summed E-state index contributed by atoms with van der Waals surface area (Å²) in [5.74, 6) is 1.41. The third kappa shape index (κ3) is 3.90. The molecule has 1 aliphatic carbocycles. The van der Waals surface area contributed by atoms with Crippen molar-refractivity contribution in [2.45, 2.75) is 33.1 Å². The van der Waals surface area contributed by atoms with Gasteiger partial charge in [0, 0.05) is 30.3 Å². The summed E-state index contributed by atoms with van der Waals surface area (Å²) in [4.78, 5) is 17.3. The molecule has 1 amide bonds. The van der Waals surface area contributed by atoms with Crippen LogP contribution in [-0.2, 0) is 11.8 Å². The van der Waals surface area contributed by atoms with Crippen LogP contribution in [0.3, 0.4) is 0 Å². The van der Waals surface area contributed by atoms with Gasteiger partial charge in [-0.1, -0.05) is 26.7 Å². The molecule has 0 radical (unpaired) electrons. The van der Waals surface area contributed by atoms with Gasteiger partial charge in [0.2, 0.25) is 5.91 Å². The first-order valence-electron chi connectivity index (χ1n) is 11.4. The van der Waals surface area contributed by atoms with Crippen LogP contribution in [-0.4, -0.2) is 30.3 Å². The minimum absolute atomic E-state index is 0.0426. The van der Waals surface area contributed by atoms with Crippen molar-refractivity contribution in [3.63, 3.8) is 0 Å². The van der Waals surface area contributed by atoms with E-state index in [0.29, 0.717) is 29.0 Å². The fourth-order valence-corrected chi connectivity index (χ4v) is 5.00. The molecule has 1 saturated carbocycles. The molecule has 0 spiro atoms. The summed E-state index contributed by atoms with van der Waals surface area (Å²) < 4.78 is 16.8. The van der Waals surface area contributed by atoms with Gasteiger partial charge in [0.1, 0.15) is 11.5 Å². The molecule has 3 aromatic heterocycles. The number of anilines is 1. The summed E-state index contributed by atoms with van der Waals surface area (Å²) in [7, 11) is 1.84. The molecule has 7 nitrogen and oxygen atoms in total. The Morgan fingerprint density at radius 1 is 1.09 bits per heavy atom. The Bertz CT molecular complexity index is 1310. The third-order valence-electron chi connectivity index (χ3n) is 6.81. The lowest BCUT2D eigenvalue weighted by molar-refractivity contribution is -0.128. The molecule has 1 aromatic carbocycles. The number of benzene rings is 1. The maximum atomic E-state index is 13.4. The Labute approximate surface area is 191 Å². The summed E-state index contributed by atoms with van der Waals surface area (Å²) in [6.07, 6.45) is 6.72. The predicted molar refractivity (Wildman–Crippen MR) is 125 cm³/mol. The Balaban J connectivity index is 1.41. The van der Waals surface area contributed by atoms with Crippen molar-refractivity contribution in [2.75, 3.05) is 5.32 Å². The number of imidazole rings is 1. The van der Waals surface area contributed by atoms with E-state index in [-0.39, 0.29) is 17.6 Å². The Morgan fingerprint density at radius 2 is 1.88 bits per heavy atom. The molecule has 4 aromatic rings. The maximum absolute atomic E-state index is 13.4. The Morgan fingerprint density at radius 3 is 2.61 bits per heavy atom. The molecule has 1 fully saturated rings. The molecule has 8 heteroatoms. The van der Waals surface area contributed by atoms with Gasteiger partial charge < -0.3 is 5.32 Å². The fraction of sp³-hybridized carbons (Fsp3) is 0.360. The second-order valence-electron chi connectivity index (χ2n) is 8.79. The molecule has 3 heterocycles. The van der Waals surface area contributed by atoms with Gasteiger partial charge in [-0.15, -0.1) is 0 Å². The van der Waals surface area contributed by atoms with E-state index in [9.17, 15) is 9.18 Å². The second kappa shape index (κ2) is 8.42. The molecule has 0 saturated heterocycles. The van der Waals surface area contributed by atoms with Gasteiger partial charge in [0.25, 0.3) is 0 Å². The lowest BCUT2D eigenvalue weighted by Crippen LogP contribution is -2.43. The summed E-state index contributed by atoms with van der Waals surface area (Å²) in [6, 6.07) is 10.00. The molecule has 1 N–H and O–H groups in total. The van der Waals surface area contributed by atoms with Crippen LogP contribution in [0.4, 0.5) is 10.2 Å². The average molecular weight is 447 g/mol. The lowest BCUT2D eigenvalue weighted by Gasteiger charge is -2.43. The minimum atomic E-state index is -0.291. The number of halogens is 1. The van der Waals surface area contributed by atoms with Gasteiger partial charge in [-0.3, -0.25) is 9.48 Å². The molecule has 5 rings (SSSR count). The predicted octanol–water partition coefficient (Wildman–Crippen LogP) is 4.95. The highest BCUT2D eigenvalue weighted by molar-refractivity contribution is 5.92. The maximum Gasteiger partial charge on any atom is 0.228 e. The smallest absolute Gasteiger partial charge is 0.228 e. The summed E-state index contributed by atoms with van der Waals surface area (Å²) in [6.45, 7) is 4.35. The first-order valence-corrected chi connectivity index (χ1v) is 11.4. The van der Waals surface area contributed by atoms with E-state index in [1.807, 2.05) is 25.4 Å². The van der Waals surface area contributed by atoms with E-state index in [2.05, 4.69) is 29.2 Å². The van der Waals surface area contributed by atoms with Gasteiger partial charge in [-0.2, -0.15) is 10.2 Å². The minimum Gasteiger partial charge on any atom is -0.309 e. The van der Waals surface area contributed by atoms with Crippen molar-refractivity contribution in [1.82, 2.24) is 24.4 Å². The molecular weight excluding hydrogens is 419 g/mol. The van der Waals surface area contributed by atoms with Crippen molar-refractivity contribution in [2.24, 2.45) is 24.8 Å². The highest BCUT2D eigenvalue weighted by Gasteiger charge is 2.42. The van der Waals surface area contributed by atoms with Crippen LogP contribution in [0, 0.1) is 23.6 Å². The van der Waals surface area contributed by atoms with Gasteiger partial charge in [0.05, 0.1) is 11.9 Å². The van der Waals surface area contributed by atoms with Crippen molar-refractivity contribution >= 4 is 17.4 Å². The fourth-order valence-electron chi connectivity index (χ4n) is 5.00. The zero-order chi connectivity index (χ0) is 23.1. The zero-order valence-electron chi connectivity index (χ0n) is 19.0. The van der Waals surface area contributed by atoms with E-state index in [0.717, 1.165) is 36.1 Å². The van der Waals surface area contributed by atoms with E-state index >= 15 is 0 Å². The van der Waals surface area contributed by atoms with Gasteiger partial charge in [-0.05, 0) is 54.7 Å². The average Bonchev–Trinajstić information content (AvgIpc) is 3.36. The SMILES string of the molecule is CCC1CC(C(=O)Nc2cn3nc(-c4cn(C)nc4-c4ccc(F)cc4)ccc3n2)C1CC. The molecule has 3 unspecified atom stereocenters. The Kier molecular flexibility index (Phi) is 5.44. The zero-order valence-corrected chi connectivity index (χ0v) is 19.0. The van der Waals surface area contributed by atoms with Crippen molar-refractivity contribution in [3.8, 4) is 22.5 Å². The van der Waals surface area contributed by atoms with E-state index in [1.54, 1.807) is 27.5 Å². The highest BCUT2D eigenvalue weighted by Crippen LogP contribution is 2.44. The van der Waals surface area contributed by atoms with Crippen molar-refractivity contribution in [1.29, 1.82) is 0 Å². The second-order valence-corrected chi connectivity index (χ2v) is 8.79. The van der Waals surface area contributed by atoms with Crippen molar-refractivity contribution < 1.29 is 9.18 Å². The van der Waals surface area contributed by atoms with Crippen molar-refractivity contribution in [3.05, 3.63) is 54.6 Å². The number of amides is 1. The monoisotopic (exact) mass is 446 g/mol. The number of nitrogens with one attached hydrogen (secondary N) is 1. The van der Waals surface area contributed by atoms with Crippen LogP contribution in [0.25, 0.3) is 28.2 Å². The number of rotatable bonds is 6. The van der Waals surface area contributed by atoms with Crippen LogP contribution >= 0.6 is 0 Å². The van der Waals surface area contributed by atoms with Crippen LogP contribution in [0.2, 0.25) is 0 Å². The number of fused-ring (bicyclic) bond motifs is 1. The third-order valence-corrected chi connectivity index (χ3v) is 6.81. The number of hydrogen-bond acceptors (Lipinski definition) is 4. The first-order chi connectivity index (χ1) is 16.0. The first kappa shape index (κ1) is 21.3. The normalized spacial score (nSPS) is 20.1. The lowest BCUT2D eigenvalue weighted by atomic mass is 9.62. The van der Waals surface area contributed by atoms with E-state index < -0.39 is 0 Å². The molecule has 0 aliphatic heterocycles. The quantitative estimate of drug-likeness (QED) is 0.455. The molecule has 170 valence electrons. The van der Waals surface area contributed by atoms with Crippen LogP contribution in [0.15, 0.2) is 48.8 Å². The number of carbonyl (C=O) groups is 1. The number of aromatic nitrogens is 5. The number of carbonyl (C=O) groups excluding carboxylic acids is 1. The van der Waals surface area contributed by atoms with Gasteiger partial charge in [-0.25, -0.2) is 13.9 Å². The molecule has 33 heavy (non-hydrogen) atoms. The number of hydrogen-bond donors (Lipinski definition) is 1. The molecule has 0 bridgehead atoms. The van der Waals surface area contributed by atoms with Crippen LogP contribution in [0.5, 0.6) is 0 Å². The molecular formula is C25H27FN6O. The Hall–Kier alpha value is -3.55. The number of nitrogens with zero attached hydrogens (tertiary/aromatic N) is 5. The van der Waals surface area contributed by atoms with E-state index in [1.165, 1.54) is 12.1 Å². The van der Waals surface area contributed by atoms with Gasteiger partial charge >= 0.3 is 0 Å². The summed E-state index contributed by atoms with van der Waals surface area (Å²) in [5, 5.41) is 12.2.